The fourth-order valence-corrected chi connectivity index (χ4v) is 3.55. The molecule has 2 heterocycles. The number of nitrogens with zero attached hydrogens (tertiary/aromatic N) is 1. The van der Waals surface area contributed by atoms with Gasteiger partial charge in [0.25, 0.3) is 5.91 Å². The number of benzene rings is 1. The summed E-state index contributed by atoms with van der Waals surface area (Å²) < 4.78 is 0.890. The van der Waals surface area contributed by atoms with Gasteiger partial charge in [-0.3, -0.25) is 14.5 Å². The Hall–Kier alpha value is -2.19. The lowest BCUT2D eigenvalue weighted by atomic mass is 10.0. The van der Waals surface area contributed by atoms with Crippen molar-refractivity contribution in [2.75, 3.05) is 11.9 Å². The van der Waals surface area contributed by atoms with Crippen molar-refractivity contribution in [3.05, 3.63) is 51.1 Å². The summed E-state index contributed by atoms with van der Waals surface area (Å²) in [6.45, 7) is 1.31. The molecule has 2 N–H and O–H groups in total. The van der Waals surface area contributed by atoms with Gasteiger partial charge in [0, 0.05) is 15.0 Å². The Labute approximate surface area is 151 Å². The molecular weight excluding hydrogens is 394 g/mol. The number of thiophene rings is 1. The largest absolute Gasteiger partial charge is 0.325 e. The molecule has 2 aromatic rings. The normalized spacial score (nSPS) is 20.2. The van der Waals surface area contributed by atoms with Crippen LogP contribution >= 0.6 is 27.3 Å². The van der Waals surface area contributed by atoms with Gasteiger partial charge in [0.1, 0.15) is 6.54 Å². The first-order chi connectivity index (χ1) is 11.4. The molecule has 8 heteroatoms. The van der Waals surface area contributed by atoms with Gasteiger partial charge in [-0.25, -0.2) is 4.79 Å². The van der Waals surface area contributed by atoms with Gasteiger partial charge >= 0.3 is 6.03 Å². The minimum Gasteiger partial charge on any atom is -0.325 e. The molecule has 24 heavy (non-hydrogen) atoms. The van der Waals surface area contributed by atoms with Gasteiger partial charge in [0.05, 0.1) is 0 Å². The summed E-state index contributed by atoms with van der Waals surface area (Å²) in [5, 5.41) is 7.18. The van der Waals surface area contributed by atoms with E-state index in [2.05, 4.69) is 26.6 Å². The van der Waals surface area contributed by atoms with Gasteiger partial charge in [0.15, 0.2) is 5.54 Å². The van der Waals surface area contributed by atoms with Crippen molar-refractivity contribution >= 4 is 50.8 Å². The first-order valence-corrected chi connectivity index (χ1v) is 8.81. The molecule has 124 valence electrons. The summed E-state index contributed by atoms with van der Waals surface area (Å²) in [4.78, 5) is 38.6. The molecule has 0 bridgehead atoms. The Morgan fingerprint density at radius 2 is 2.00 bits per heavy atom. The standard InChI is InChI=1S/C16H14BrN3O3S/c1-16(12-3-2-8-24-12)14(22)20(15(23)19-16)9-13(21)18-11-6-4-10(17)5-7-11/h2-8H,9H2,1H3,(H,18,21)(H,19,23). The van der Waals surface area contributed by atoms with Crippen LogP contribution in [0.5, 0.6) is 0 Å². The second kappa shape index (κ2) is 6.37. The van der Waals surface area contributed by atoms with Crippen LogP contribution in [0.15, 0.2) is 46.3 Å². The van der Waals surface area contributed by atoms with Crippen molar-refractivity contribution in [3.63, 3.8) is 0 Å². The summed E-state index contributed by atoms with van der Waals surface area (Å²) in [7, 11) is 0. The molecule has 1 aliphatic heterocycles. The third kappa shape index (κ3) is 3.07. The van der Waals surface area contributed by atoms with E-state index in [0.717, 1.165) is 14.2 Å². The number of carbonyl (C=O) groups is 3. The molecule has 0 saturated carbocycles. The van der Waals surface area contributed by atoms with E-state index in [4.69, 9.17) is 0 Å². The molecule has 0 radical (unpaired) electrons. The van der Waals surface area contributed by atoms with E-state index in [1.165, 1.54) is 11.3 Å². The van der Waals surface area contributed by atoms with E-state index in [1.807, 2.05) is 11.4 Å². The van der Waals surface area contributed by atoms with Crippen LogP contribution in [-0.4, -0.2) is 29.3 Å². The molecule has 1 aromatic heterocycles. The van der Waals surface area contributed by atoms with E-state index in [9.17, 15) is 14.4 Å². The SMILES string of the molecule is CC1(c2cccs2)NC(=O)N(CC(=O)Nc2ccc(Br)cc2)C1=O. The molecule has 6 nitrogen and oxygen atoms in total. The minimum absolute atomic E-state index is 0.332. The van der Waals surface area contributed by atoms with E-state index in [-0.39, 0.29) is 6.54 Å². The van der Waals surface area contributed by atoms with Gasteiger partial charge in [0.2, 0.25) is 5.91 Å². The van der Waals surface area contributed by atoms with E-state index >= 15 is 0 Å². The van der Waals surface area contributed by atoms with Crippen molar-refractivity contribution in [1.82, 2.24) is 10.2 Å². The van der Waals surface area contributed by atoms with E-state index in [1.54, 1.807) is 37.3 Å². The minimum atomic E-state index is -1.12. The predicted molar refractivity (Wildman–Crippen MR) is 94.7 cm³/mol. The Kier molecular flexibility index (Phi) is 4.42. The van der Waals surface area contributed by atoms with Crippen molar-refractivity contribution in [1.29, 1.82) is 0 Å². The van der Waals surface area contributed by atoms with Crippen molar-refractivity contribution in [3.8, 4) is 0 Å². The zero-order valence-corrected chi connectivity index (χ0v) is 15.1. The van der Waals surface area contributed by atoms with Crippen LogP contribution < -0.4 is 10.6 Å². The van der Waals surface area contributed by atoms with Gasteiger partial charge in [-0.05, 0) is 42.6 Å². The van der Waals surface area contributed by atoms with Gasteiger partial charge in [-0.2, -0.15) is 0 Å². The average molecular weight is 408 g/mol. The molecule has 3 rings (SSSR count). The van der Waals surface area contributed by atoms with Crippen molar-refractivity contribution in [2.24, 2.45) is 0 Å². The number of amides is 4. The Morgan fingerprint density at radius 3 is 2.62 bits per heavy atom. The van der Waals surface area contributed by atoms with Crippen LogP contribution in [-0.2, 0) is 15.1 Å². The van der Waals surface area contributed by atoms with Crippen molar-refractivity contribution < 1.29 is 14.4 Å². The molecule has 1 saturated heterocycles. The maximum Gasteiger partial charge on any atom is 0.325 e. The second-order valence-corrected chi connectivity index (χ2v) is 7.34. The number of nitrogens with one attached hydrogen (secondary N) is 2. The predicted octanol–water partition coefficient (Wildman–Crippen LogP) is 2.92. The van der Waals surface area contributed by atoms with Crippen LogP contribution in [0.25, 0.3) is 0 Å². The number of hydrogen-bond acceptors (Lipinski definition) is 4. The van der Waals surface area contributed by atoms with Gasteiger partial charge in [-0.15, -0.1) is 11.3 Å². The molecule has 0 spiro atoms. The van der Waals surface area contributed by atoms with Crippen LogP contribution in [0.4, 0.5) is 10.5 Å². The molecule has 0 aliphatic carbocycles. The second-order valence-electron chi connectivity index (χ2n) is 5.48. The summed E-state index contributed by atoms with van der Waals surface area (Å²) in [6.07, 6.45) is 0. The van der Waals surface area contributed by atoms with E-state index < -0.39 is 23.4 Å². The number of rotatable bonds is 4. The molecule has 1 atom stereocenters. The van der Waals surface area contributed by atoms with Crippen LogP contribution in [0.1, 0.15) is 11.8 Å². The van der Waals surface area contributed by atoms with E-state index in [0.29, 0.717) is 5.69 Å². The first kappa shape index (κ1) is 16.7. The number of hydrogen-bond donors (Lipinski definition) is 2. The highest BCUT2D eigenvalue weighted by Gasteiger charge is 2.50. The van der Waals surface area contributed by atoms with Crippen LogP contribution in [0, 0.1) is 0 Å². The number of carbonyl (C=O) groups excluding carboxylic acids is 3. The highest BCUT2D eigenvalue weighted by Crippen LogP contribution is 2.31. The monoisotopic (exact) mass is 407 g/mol. The maximum atomic E-state index is 12.6. The fraction of sp³-hybridized carbons (Fsp3) is 0.188. The molecule has 4 amide bonds. The van der Waals surface area contributed by atoms with Crippen LogP contribution in [0.2, 0.25) is 0 Å². The molecule has 1 unspecified atom stereocenters. The lowest BCUT2D eigenvalue weighted by molar-refractivity contribution is -0.133. The Balaban J connectivity index is 1.71. The third-order valence-corrected chi connectivity index (χ3v) is 5.34. The smallest absolute Gasteiger partial charge is 0.325 e. The first-order valence-electron chi connectivity index (χ1n) is 7.13. The fourth-order valence-electron chi connectivity index (χ4n) is 2.45. The zero-order chi connectivity index (χ0) is 17.3. The van der Waals surface area contributed by atoms with Gasteiger partial charge < -0.3 is 10.6 Å². The lowest BCUT2D eigenvalue weighted by Crippen LogP contribution is -2.41. The number of imide groups is 1. The molecule has 1 fully saturated rings. The third-order valence-electron chi connectivity index (χ3n) is 3.72. The zero-order valence-electron chi connectivity index (χ0n) is 12.7. The molecule has 1 aliphatic rings. The summed E-state index contributed by atoms with van der Waals surface area (Å²) in [5.74, 6) is -0.864. The Bertz CT molecular complexity index is 791. The average Bonchev–Trinajstić information content (AvgIpc) is 3.14. The van der Waals surface area contributed by atoms with Crippen LogP contribution in [0.3, 0.4) is 0 Å². The number of anilines is 1. The highest BCUT2D eigenvalue weighted by molar-refractivity contribution is 9.10. The maximum absolute atomic E-state index is 12.6. The molecular formula is C16H14BrN3O3S. The summed E-state index contributed by atoms with van der Waals surface area (Å²) in [5.41, 5.74) is -0.528. The number of urea groups is 1. The topological polar surface area (TPSA) is 78.5 Å². The molecule has 1 aromatic carbocycles. The van der Waals surface area contributed by atoms with Gasteiger partial charge in [-0.1, -0.05) is 22.0 Å². The highest BCUT2D eigenvalue weighted by atomic mass is 79.9. The lowest BCUT2D eigenvalue weighted by Gasteiger charge is -2.19. The summed E-state index contributed by atoms with van der Waals surface area (Å²) in [6, 6.07) is 10.1. The van der Waals surface area contributed by atoms with Crippen molar-refractivity contribution in [2.45, 2.75) is 12.5 Å². The quantitative estimate of drug-likeness (QED) is 0.764. The summed E-state index contributed by atoms with van der Waals surface area (Å²) >= 11 is 4.69. The number of halogens is 1. The Morgan fingerprint density at radius 1 is 1.29 bits per heavy atom.